The number of ether oxygens (including phenoxy) is 2. The van der Waals surface area contributed by atoms with Crippen molar-refractivity contribution >= 4 is 11.9 Å². The van der Waals surface area contributed by atoms with E-state index in [0.717, 1.165) is 38.5 Å². The van der Waals surface area contributed by atoms with Gasteiger partial charge in [-0.05, 0) is 62.3 Å². The van der Waals surface area contributed by atoms with E-state index in [4.69, 9.17) is 9.47 Å². The SMILES string of the molecule is CCCCOC(=O)c1ccc(C(=O)OC2CCCCC2CC)cc1. The molecule has 0 radical (unpaired) electrons. The average molecular weight is 332 g/mol. The predicted octanol–water partition coefficient (Wildman–Crippen LogP) is 4.77. The summed E-state index contributed by atoms with van der Waals surface area (Å²) in [6, 6.07) is 6.54. The molecule has 4 nitrogen and oxygen atoms in total. The van der Waals surface area contributed by atoms with Crippen molar-refractivity contribution in [3.8, 4) is 0 Å². The maximum absolute atomic E-state index is 12.3. The number of hydrogen-bond acceptors (Lipinski definition) is 4. The van der Waals surface area contributed by atoms with Gasteiger partial charge in [-0.15, -0.1) is 0 Å². The second-order valence-electron chi connectivity index (χ2n) is 6.46. The topological polar surface area (TPSA) is 52.6 Å². The molecule has 1 aliphatic rings. The first-order chi connectivity index (χ1) is 11.7. The van der Waals surface area contributed by atoms with Crippen LogP contribution in [0.5, 0.6) is 0 Å². The predicted molar refractivity (Wildman–Crippen MR) is 93.1 cm³/mol. The first-order valence-corrected chi connectivity index (χ1v) is 9.13. The molecule has 0 aromatic heterocycles. The highest BCUT2D eigenvalue weighted by Gasteiger charge is 2.27. The Bertz CT molecular complexity index is 535. The van der Waals surface area contributed by atoms with Crippen LogP contribution in [0.4, 0.5) is 0 Å². The molecule has 1 fully saturated rings. The van der Waals surface area contributed by atoms with Gasteiger partial charge in [0.15, 0.2) is 0 Å². The monoisotopic (exact) mass is 332 g/mol. The molecule has 1 aliphatic carbocycles. The van der Waals surface area contributed by atoms with Crippen molar-refractivity contribution in [2.24, 2.45) is 5.92 Å². The lowest BCUT2D eigenvalue weighted by molar-refractivity contribution is 0.000676. The number of rotatable bonds is 7. The number of hydrogen-bond donors (Lipinski definition) is 0. The van der Waals surface area contributed by atoms with Crippen LogP contribution >= 0.6 is 0 Å². The van der Waals surface area contributed by atoms with Crippen molar-refractivity contribution in [3.63, 3.8) is 0 Å². The van der Waals surface area contributed by atoms with Crippen LogP contribution in [0.2, 0.25) is 0 Å². The summed E-state index contributed by atoms with van der Waals surface area (Å²) in [5, 5.41) is 0. The van der Waals surface area contributed by atoms with Gasteiger partial charge in [0.2, 0.25) is 0 Å². The van der Waals surface area contributed by atoms with E-state index in [9.17, 15) is 9.59 Å². The maximum atomic E-state index is 12.3. The third-order valence-corrected chi connectivity index (χ3v) is 4.71. The largest absolute Gasteiger partial charge is 0.462 e. The third-order valence-electron chi connectivity index (χ3n) is 4.71. The minimum Gasteiger partial charge on any atom is -0.462 e. The molecule has 2 rings (SSSR count). The van der Waals surface area contributed by atoms with Crippen molar-refractivity contribution in [3.05, 3.63) is 35.4 Å². The highest BCUT2D eigenvalue weighted by molar-refractivity contribution is 5.93. The fourth-order valence-corrected chi connectivity index (χ4v) is 3.14. The molecular weight excluding hydrogens is 304 g/mol. The maximum Gasteiger partial charge on any atom is 0.338 e. The van der Waals surface area contributed by atoms with Gasteiger partial charge in [-0.2, -0.15) is 0 Å². The highest BCUT2D eigenvalue weighted by Crippen LogP contribution is 2.29. The number of unbranched alkanes of at least 4 members (excludes halogenated alkanes) is 1. The van der Waals surface area contributed by atoms with Gasteiger partial charge in [0.25, 0.3) is 0 Å². The molecule has 0 N–H and O–H groups in total. The Hall–Kier alpha value is -1.84. The molecule has 132 valence electrons. The normalized spacial score (nSPS) is 20.4. The molecule has 24 heavy (non-hydrogen) atoms. The van der Waals surface area contributed by atoms with Crippen molar-refractivity contribution in [2.45, 2.75) is 64.9 Å². The molecule has 0 amide bonds. The van der Waals surface area contributed by atoms with Gasteiger partial charge in [-0.3, -0.25) is 0 Å². The van der Waals surface area contributed by atoms with E-state index in [1.54, 1.807) is 24.3 Å². The Morgan fingerprint density at radius 1 is 1.00 bits per heavy atom. The van der Waals surface area contributed by atoms with Crippen molar-refractivity contribution in [1.29, 1.82) is 0 Å². The summed E-state index contributed by atoms with van der Waals surface area (Å²) in [5.41, 5.74) is 0.951. The summed E-state index contributed by atoms with van der Waals surface area (Å²) in [6.45, 7) is 4.62. The van der Waals surface area contributed by atoms with E-state index in [0.29, 0.717) is 23.7 Å². The minimum atomic E-state index is -0.346. The lowest BCUT2D eigenvalue weighted by Crippen LogP contribution is -2.29. The Morgan fingerprint density at radius 3 is 2.25 bits per heavy atom. The molecular formula is C20H28O4. The van der Waals surface area contributed by atoms with Crippen LogP contribution in [0.1, 0.15) is 79.5 Å². The highest BCUT2D eigenvalue weighted by atomic mass is 16.5. The standard InChI is InChI=1S/C20H28O4/c1-3-5-14-23-19(21)16-10-12-17(13-11-16)20(22)24-18-9-7-6-8-15(18)4-2/h10-13,15,18H,3-9,14H2,1-2H3. The van der Waals surface area contributed by atoms with Gasteiger partial charge in [0, 0.05) is 0 Å². The zero-order valence-corrected chi connectivity index (χ0v) is 14.8. The van der Waals surface area contributed by atoms with Crippen molar-refractivity contribution in [1.82, 2.24) is 0 Å². The van der Waals surface area contributed by atoms with Crippen LogP contribution in [0.3, 0.4) is 0 Å². The number of carbonyl (C=O) groups excluding carboxylic acids is 2. The van der Waals surface area contributed by atoms with E-state index in [1.165, 1.54) is 6.42 Å². The van der Waals surface area contributed by atoms with Crippen LogP contribution in [0.25, 0.3) is 0 Å². The third kappa shape index (κ3) is 5.08. The zero-order chi connectivity index (χ0) is 17.4. The quantitative estimate of drug-likeness (QED) is 0.533. The Labute approximate surface area is 144 Å². The lowest BCUT2D eigenvalue weighted by atomic mass is 9.85. The lowest BCUT2D eigenvalue weighted by Gasteiger charge is -2.30. The molecule has 1 saturated carbocycles. The van der Waals surface area contributed by atoms with Crippen LogP contribution in [-0.4, -0.2) is 24.6 Å². The molecule has 2 atom stereocenters. The van der Waals surface area contributed by atoms with Crippen LogP contribution in [0.15, 0.2) is 24.3 Å². The first-order valence-electron chi connectivity index (χ1n) is 9.13. The molecule has 2 unspecified atom stereocenters. The number of esters is 2. The summed E-state index contributed by atoms with van der Waals surface area (Å²) in [5.74, 6) is -0.177. The molecule has 0 bridgehead atoms. The van der Waals surface area contributed by atoms with Crippen molar-refractivity contribution in [2.75, 3.05) is 6.61 Å². The van der Waals surface area contributed by atoms with E-state index < -0.39 is 0 Å². The summed E-state index contributed by atoms with van der Waals surface area (Å²) >= 11 is 0. The Morgan fingerprint density at radius 2 is 1.62 bits per heavy atom. The Kier molecular flexibility index (Phi) is 7.29. The molecule has 1 aromatic rings. The van der Waals surface area contributed by atoms with Gasteiger partial charge in [-0.1, -0.05) is 26.7 Å². The second-order valence-corrected chi connectivity index (χ2v) is 6.46. The molecule has 0 aliphatic heterocycles. The van der Waals surface area contributed by atoms with E-state index in [1.807, 2.05) is 6.92 Å². The molecule has 0 spiro atoms. The first kappa shape index (κ1) is 18.5. The Balaban J connectivity index is 1.92. The fraction of sp³-hybridized carbons (Fsp3) is 0.600. The minimum absolute atomic E-state index is 0.0231. The van der Waals surface area contributed by atoms with E-state index in [2.05, 4.69) is 6.92 Å². The van der Waals surface area contributed by atoms with Crippen LogP contribution in [-0.2, 0) is 9.47 Å². The number of carbonyl (C=O) groups is 2. The van der Waals surface area contributed by atoms with Gasteiger partial charge in [-0.25, -0.2) is 9.59 Å². The molecule has 1 aromatic carbocycles. The molecule has 0 saturated heterocycles. The van der Waals surface area contributed by atoms with E-state index in [-0.39, 0.29) is 18.0 Å². The van der Waals surface area contributed by atoms with Gasteiger partial charge >= 0.3 is 11.9 Å². The summed E-state index contributed by atoms with van der Waals surface area (Å²) in [7, 11) is 0. The average Bonchev–Trinajstić information content (AvgIpc) is 2.62. The van der Waals surface area contributed by atoms with Crippen molar-refractivity contribution < 1.29 is 19.1 Å². The summed E-state index contributed by atoms with van der Waals surface area (Å²) < 4.78 is 10.9. The molecule has 0 heterocycles. The van der Waals surface area contributed by atoms with E-state index >= 15 is 0 Å². The fourth-order valence-electron chi connectivity index (χ4n) is 3.14. The van der Waals surface area contributed by atoms with Crippen LogP contribution < -0.4 is 0 Å². The molecule has 4 heteroatoms. The second kappa shape index (κ2) is 9.45. The smallest absolute Gasteiger partial charge is 0.338 e. The van der Waals surface area contributed by atoms with Gasteiger partial charge in [0.1, 0.15) is 6.10 Å². The number of benzene rings is 1. The zero-order valence-electron chi connectivity index (χ0n) is 14.8. The van der Waals surface area contributed by atoms with Gasteiger partial charge in [0.05, 0.1) is 17.7 Å². The summed E-state index contributed by atoms with van der Waals surface area (Å²) in [4.78, 5) is 24.2. The van der Waals surface area contributed by atoms with Gasteiger partial charge < -0.3 is 9.47 Å². The summed E-state index contributed by atoms with van der Waals surface area (Å²) in [6.07, 6.45) is 7.34. The van der Waals surface area contributed by atoms with Crippen LogP contribution in [0, 0.1) is 5.92 Å².